The average molecular weight is 249 g/mol. The second-order valence-corrected chi connectivity index (χ2v) is 5.50. The zero-order valence-electron chi connectivity index (χ0n) is 11.4. The summed E-state index contributed by atoms with van der Waals surface area (Å²) in [7, 11) is 0. The Morgan fingerprint density at radius 3 is 2.50 bits per heavy atom. The summed E-state index contributed by atoms with van der Waals surface area (Å²) in [4.78, 5) is 16.3. The highest BCUT2D eigenvalue weighted by Gasteiger charge is 2.23. The number of hydrogen-bond acceptors (Lipinski definition) is 3. The standard InChI is InChI=1S/C14H23N3O/c1-14(2,3)17-13(18)12(5-4-8-15)11-6-9-16-10-7-11/h6-7,9-10,12H,4-5,8,15H2,1-3H3,(H,17,18). The van der Waals surface area contributed by atoms with Gasteiger partial charge in [-0.1, -0.05) is 0 Å². The Kier molecular flexibility index (Phi) is 5.28. The zero-order valence-corrected chi connectivity index (χ0v) is 11.4. The van der Waals surface area contributed by atoms with Crippen LogP contribution in [0, 0.1) is 0 Å². The van der Waals surface area contributed by atoms with Crippen LogP contribution in [0.4, 0.5) is 0 Å². The lowest BCUT2D eigenvalue weighted by molar-refractivity contribution is -0.124. The Bertz CT molecular complexity index is 370. The molecule has 0 fully saturated rings. The molecule has 1 unspecified atom stereocenters. The van der Waals surface area contributed by atoms with Gasteiger partial charge >= 0.3 is 0 Å². The van der Waals surface area contributed by atoms with E-state index in [9.17, 15) is 4.79 Å². The molecular weight excluding hydrogens is 226 g/mol. The molecule has 1 amide bonds. The Morgan fingerprint density at radius 2 is 2.00 bits per heavy atom. The first-order valence-corrected chi connectivity index (χ1v) is 6.36. The van der Waals surface area contributed by atoms with Gasteiger partial charge in [0.15, 0.2) is 0 Å². The van der Waals surface area contributed by atoms with Gasteiger partial charge in [0.2, 0.25) is 5.91 Å². The molecule has 4 heteroatoms. The maximum absolute atomic E-state index is 12.3. The highest BCUT2D eigenvalue weighted by Crippen LogP contribution is 2.21. The molecule has 4 nitrogen and oxygen atoms in total. The van der Waals surface area contributed by atoms with E-state index in [1.807, 2.05) is 32.9 Å². The lowest BCUT2D eigenvalue weighted by Gasteiger charge is -2.25. The van der Waals surface area contributed by atoms with Crippen molar-refractivity contribution >= 4 is 5.91 Å². The monoisotopic (exact) mass is 249 g/mol. The summed E-state index contributed by atoms with van der Waals surface area (Å²) < 4.78 is 0. The first-order valence-electron chi connectivity index (χ1n) is 6.36. The lowest BCUT2D eigenvalue weighted by Crippen LogP contribution is -2.43. The summed E-state index contributed by atoms with van der Waals surface area (Å²) >= 11 is 0. The Morgan fingerprint density at radius 1 is 1.39 bits per heavy atom. The second kappa shape index (κ2) is 6.50. The van der Waals surface area contributed by atoms with Crippen LogP contribution in [-0.2, 0) is 4.79 Å². The van der Waals surface area contributed by atoms with Crippen molar-refractivity contribution in [2.45, 2.75) is 45.1 Å². The Balaban J connectivity index is 2.82. The van der Waals surface area contributed by atoms with Crippen molar-refractivity contribution in [1.29, 1.82) is 0 Å². The van der Waals surface area contributed by atoms with Gasteiger partial charge in [-0.25, -0.2) is 0 Å². The molecule has 18 heavy (non-hydrogen) atoms. The van der Waals surface area contributed by atoms with Crippen molar-refractivity contribution < 1.29 is 4.79 Å². The van der Waals surface area contributed by atoms with Crippen LogP contribution in [0.25, 0.3) is 0 Å². The van der Waals surface area contributed by atoms with Gasteiger partial charge in [-0.15, -0.1) is 0 Å². The molecule has 0 aliphatic carbocycles. The molecule has 0 aliphatic heterocycles. The molecular formula is C14H23N3O. The van der Waals surface area contributed by atoms with Gasteiger partial charge in [0.05, 0.1) is 5.92 Å². The average Bonchev–Trinajstić information content (AvgIpc) is 2.28. The molecule has 1 aromatic rings. The fraction of sp³-hybridized carbons (Fsp3) is 0.571. The summed E-state index contributed by atoms with van der Waals surface area (Å²) in [5, 5.41) is 3.03. The number of amides is 1. The van der Waals surface area contributed by atoms with E-state index in [-0.39, 0.29) is 17.4 Å². The van der Waals surface area contributed by atoms with Gasteiger partial charge < -0.3 is 11.1 Å². The molecule has 1 aromatic heterocycles. The van der Waals surface area contributed by atoms with Crippen molar-refractivity contribution in [3.63, 3.8) is 0 Å². The van der Waals surface area contributed by atoms with E-state index in [0.29, 0.717) is 6.54 Å². The first-order chi connectivity index (χ1) is 8.44. The molecule has 100 valence electrons. The van der Waals surface area contributed by atoms with E-state index in [0.717, 1.165) is 18.4 Å². The molecule has 3 N–H and O–H groups in total. The van der Waals surface area contributed by atoms with Crippen LogP contribution < -0.4 is 11.1 Å². The molecule has 0 bridgehead atoms. The van der Waals surface area contributed by atoms with Crippen molar-refractivity contribution in [2.24, 2.45) is 5.73 Å². The number of carbonyl (C=O) groups excluding carboxylic acids is 1. The third-order valence-electron chi connectivity index (χ3n) is 2.62. The van der Waals surface area contributed by atoms with Crippen molar-refractivity contribution in [3.05, 3.63) is 30.1 Å². The molecule has 1 atom stereocenters. The maximum Gasteiger partial charge on any atom is 0.227 e. The van der Waals surface area contributed by atoms with E-state index >= 15 is 0 Å². The summed E-state index contributed by atoms with van der Waals surface area (Å²) in [6, 6.07) is 3.78. The quantitative estimate of drug-likeness (QED) is 0.836. The number of aromatic nitrogens is 1. The minimum absolute atomic E-state index is 0.0575. The van der Waals surface area contributed by atoms with Gasteiger partial charge in [0, 0.05) is 17.9 Å². The number of pyridine rings is 1. The number of rotatable bonds is 5. The first kappa shape index (κ1) is 14.6. The highest BCUT2D eigenvalue weighted by molar-refractivity contribution is 5.84. The lowest BCUT2D eigenvalue weighted by atomic mass is 9.93. The van der Waals surface area contributed by atoms with E-state index in [1.165, 1.54) is 0 Å². The van der Waals surface area contributed by atoms with E-state index in [2.05, 4.69) is 10.3 Å². The minimum Gasteiger partial charge on any atom is -0.351 e. The summed E-state index contributed by atoms with van der Waals surface area (Å²) in [6.07, 6.45) is 5.04. The number of hydrogen-bond donors (Lipinski definition) is 2. The maximum atomic E-state index is 12.3. The molecule has 0 saturated carbocycles. The third kappa shape index (κ3) is 4.84. The molecule has 0 saturated heterocycles. The largest absolute Gasteiger partial charge is 0.351 e. The van der Waals surface area contributed by atoms with Crippen molar-refractivity contribution in [3.8, 4) is 0 Å². The SMILES string of the molecule is CC(C)(C)NC(=O)C(CCCN)c1ccncc1. The molecule has 0 radical (unpaired) electrons. The van der Waals surface area contributed by atoms with E-state index in [4.69, 9.17) is 5.73 Å². The van der Waals surface area contributed by atoms with E-state index in [1.54, 1.807) is 12.4 Å². The fourth-order valence-electron chi connectivity index (χ4n) is 1.82. The van der Waals surface area contributed by atoms with Crippen molar-refractivity contribution in [2.75, 3.05) is 6.54 Å². The van der Waals surface area contributed by atoms with Crippen LogP contribution in [-0.4, -0.2) is 23.0 Å². The predicted molar refractivity (Wildman–Crippen MR) is 73.2 cm³/mol. The third-order valence-corrected chi connectivity index (χ3v) is 2.62. The van der Waals surface area contributed by atoms with Crippen LogP contribution in [0.15, 0.2) is 24.5 Å². The molecule has 0 aromatic carbocycles. The molecule has 0 spiro atoms. The number of nitrogens with two attached hydrogens (primary N) is 1. The summed E-state index contributed by atoms with van der Waals surface area (Å²) in [5.41, 5.74) is 6.32. The number of nitrogens with zero attached hydrogens (tertiary/aromatic N) is 1. The molecule has 1 rings (SSSR count). The van der Waals surface area contributed by atoms with Gasteiger partial charge in [-0.05, 0) is 57.9 Å². The highest BCUT2D eigenvalue weighted by atomic mass is 16.2. The predicted octanol–water partition coefficient (Wildman–Crippen LogP) is 1.82. The molecule has 1 heterocycles. The summed E-state index contributed by atoms with van der Waals surface area (Å²) in [6.45, 7) is 6.55. The van der Waals surface area contributed by atoms with Crippen LogP contribution in [0.2, 0.25) is 0 Å². The number of carbonyl (C=O) groups is 1. The van der Waals surface area contributed by atoms with Gasteiger partial charge in [0.1, 0.15) is 0 Å². The van der Waals surface area contributed by atoms with E-state index < -0.39 is 0 Å². The zero-order chi connectivity index (χ0) is 13.6. The van der Waals surface area contributed by atoms with Crippen LogP contribution >= 0.6 is 0 Å². The van der Waals surface area contributed by atoms with Crippen molar-refractivity contribution in [1.82, 2.24) is 10.3 Å². The van der Waals surface area contributed by atoms with Gasteiger partial charge in [-0.3, -0.25) is 9.78 Å². The second-order valence-electron chi connectivity index (χ2n) is 5.50. The Hall–Kier alpha value is -1.42. The number of nitrogens with one attached hydrogen (secondary N) is 1. The topological polar surface area (TPSA) is 68.0 Å². The smallest absolute Gasteiger partial charge is 0.227 e. The van der Waals surface area contributed by atoms with Gasteiger partial charge in [-0.2, -0.15) is 0 Å². The van der Waals surface area contributed by atoms with Crippen LogP contribution in [0.5, 0.6) is 0 Å². The normalized spacial score (nSPS) is 13.1. The molecule has 0 aliphatic rings. The van der Waals surface area contributed by atoms with Crippen LogP contribution in [0.1, 0.15) is 45.1 Å². The Labute approximate surface area is 109 Å². The minimum atomic E-state index is -0.217. The summed E-state index contributed by atoms with van der Waals surface area (Å²) in [5.74, 6) is -0.0853. The van der Waals surface area contributed by atoms with Gasteiger partial charge in [0.25, 0.3) is 0 Å². The van der Waals surface area contributed by atoms with Crippen LogP contribution in [0.3, 0.4) is 0 Å². The fourth-order valence-corrected chi connectivity index (χ4v) is 1.82.